The van der Waals surface area contributed by atoms with Crippen LogP contribution in [0.1, 0.15) is 57.8 Å². The molecule has 0 spiro atoms. The zero-order chi connectivity index (χ0) is 16.9. The van der Waals surface area contributed by atoms with Crippen LogP contribution in [-0.2, 0) is 9.59 Å². The van der Waals surface area contributed by atoms with Gasteiger partial charge < -0.3 is 11.1 Å². The average Bonchev–Trinajstić information content (AvgIpc) is 2.53. The largest absolute Gasteiger partial charge is 0.351 e. The fraction of sp³-hybridized carbons (Fsp3) is 0.750. The molecule has 4 amide bonds. The maximum absolute atomic E-state index is 12.2. The highest BCUT2D eigenvalue weighted by Gasteiger charge is 2.42. The van der Waals surface area contributed by atoms with E-state index in [-0.39, 0.29) is 25.3 Å². The molecule has 2 aliphatic rings. The van der Waals surface area contributed by atoms with Crippen molar-refractivity contribution >= 4 is 17.8 Å². The number of primary amides is 1. The van der Waals surface area contributed by atoms with Gasteiger partial charge in [-0.25, -0.2) is 4.79 Å². The fourth-order valence-corrected chi connectivity index (χ4v) is 3.47. The molecule has 126 valence electrons. The van der Waals surface area contributed by atoms with Crippen LogP contribution in [0.15, 0.2) is 0 Å². The minimum atomic E-state index is -1.22. The lowest BCUT2D eigenvalue weighted by Gasteiger charge is -2.35. The molecule has 1 saturated carbocycles. The average molecular weight is 320 g/mol. The van der Waals surface area contributed by atoms with Crippen LogP contribution in [0, 0.1) is 17.2 Å². The first-order chi connectivity index (χ1) is 11.0. The number of carbonyl (C=O) groups is 3. The number of likely N-dealkylation sites (tertiary alicyclic amines) is 1. The highest BCUT2D eigenvalue weighted by atomic mass is 16.2. The lowest BCUT2D eigenvalue weighted by molar-refractivity contribution is -0.132. The molecule has 0 aromatic rings. The van der Waals surface area contributed by atoms with E-state index in [1.54, 1.807) is 0 Å². The van der Waals surface area contributed by atoms with Gasteiger partial charge in [-0.3, -0.25) is 14.5 Å². The Morgan fingerprint density at radius 2 is 2.04 bits per heavy atom. The zero-order valence-corrected chi connectivity index (χ0v) is 13.3. The first kappa shape index (κ1) is 17.3. The van der Waals surface area contributed by atoms with Crippen LogP contribution in [0.5, 0.6) is 0 Å². The van der Waals surface area contributed by atoms with Crippen molar-refractivity contribution in [1.82, 2.24) is 10.2 Å². The van der Waals surface area contributed by atoms with Crippen LogP contribution >= 0.6 is 0 Å². The molecule has 1 atom stereocenters. The van der Waals surface area contributed by atoms with Gasteiger partial charge in [-0.05, 0) is 12.3 Å². The van der Waals surface area contributed by atoms with E-state index < -0.39 is 17.5 Å². The molecular formula is C16H24N4O3. The van der Waals surface area contributed by atoms with Crippen molar-refractivity contribution in [2.45, 2.75) is 63.3 Å². The van der Waals surface area contributed by atoms with E-state index in [2.05, 4.69) is 5.32 Å². The van der Waals surface area contributed by atoms with Crippen molar-refractivity contribution < 1.29 is 14.4 Å². The third-order valence-corrected chi connectivity index (χ3v) is 4.88. The minimum Gasteiger partial charge on any atom is -0.351 e. The van der Waals surface area contributed by atoms with E-state index in [0.717, 1.165) is 11.3 Å². The minimum absolute atomic E-state index is 0.0602. The number of piperidine rings is 1. The number of nitrogens with one attached hydrogen (secondary N) is 1. The molecule has 0 aromatic carbocycles. The SMILES string of the molecule is N#CC1(NC(=O)CCC2CCCCC2)CCN(C(N)=O)C(=O)C1. The molecule has 2 fully saturated rings. The molecule has 3 N–H and O–H groups in total. The Hall–Kier alpha value is -2.10. The number of urea groups is 1. The van der Waals surface area contributed by atoms with Gasteiger partial charge in [-0.1, -0.05) is 32.1 Å². The molecule has 7 heteroatoms. The third-order valence-electron chi connectivity index (χ3n) is 4.88. The molecule has 1 aliphatic carbocycles. The van der Waals surface area contributed by atoms with Crippen LogP contribution in [0.25, 0.3) is 0 Å². The number of nitriles is 1. The predicted molar refractivity (Wildman–Crippen MR) is 82.8 cm³/mol. The smallest absolute Gasteiger partial charge is 0.321 e. The lowest BCUT2D eigenvalue weighted by atomic mass is 9.85. The standard InChI is InChI=1S/C16H24N4O3/c17-11-16(8-9-20(15(18)23)14(22)10-16)19-13(21)7-6-12-4-2-1-3-5-12/h12H,1-10H2,(H2,18,23)(H,19,21). The van der Waals surface area contributed by atoms with Crippen LogP contribution in [0.2, 0.25) is 0 Å². The number of amides is 4. The van der Waals surface area contributed by atoms with Crippen LogP contribution in [0.4, 0.5) is 4.79 Å². The summed E-state index contributed by atoms with van der Waals surface area (Å²) in [6, 6.07) is 1.23. The Labute approximate surface area is 136 Å². The van der Waals surface area contributed by atoms with Crippen molar-refractivity contribution in [2.75, 3.05) is 6.54 Å². The zero-order valence-electron chi connectivity index (χ0n) is 13.3. The Morgan fingerprint density at radius 1 is 1.35 bits per heavy atom. The topological polar surface area (TPSA) is 116 Å². The second kappa shape index (κ2) is 7.44. The predicted octanol–water partition coefficient (Wildman–Crippen LogP) is 1.43. The molecule has 0 radical (unpaired) electrons. The van der Waals surface area contributed by atoms with Crippen molar-refractivity contribution in [1.29, 1.82) is 5.26 Å². The van der Waals surface area contributed by atoms with E-state index in [9.17, 15) is 19.6 Å². The molecule has 23 heavy (non-hydrogen) atoms. The van der Waals surface area contributed by atoms with E-state index in [1.807, 2.05) is 6.07 Å². The first-order valence-electron chi connectivity index (χ1n) is 8.28. The molecule has 1 unspecified atom stereocenters. The quantitative estimate of drug-likeness (QED) is 0.814. The molecule has 1 heterocycles. The van der Waals surface area contributed by atoms with Gasteiger partial charge in [0, 0.05) is 19.4 Å². The summed E-state index contributed by atoms with van der Waals surface area (Å²) in [6.45, 7) is 0.0602. The summed E-state index contributed by atoms with van der Waals surface area (Å²) in [4.78, 5) is 36.1. The van der Waals surface area contributed by atoms with E-state index >= 15 is 0 Å². The number of imide groups is 1. The van der Waals surface area contributed by atoms with Crippen molar-refractivity contribution in [3.63, 3.8) is 0 Å². The number of hydrogen-bond acceptors (Lipinski definition) is 4. The highest BCUT2D eigenvalue weighted by molar-refractivity contribution is 5.95. The van der Waals surface area contributed by atoms with Gasteiger partial charge in [0.05, 0.1) is 12.5 Å². The summed E-state index contributed by atoms with van der Waals surface area (Å²) in [7, 11) is 0. The highest BCUT2D eigenvalue weighted by Crippen LogP contribution is 2.28. The summed E-state index contributed by atoms with van der Waals surface area (Å²) >= 11 is 0. The Balaban J connectivity index is 1.86. The summed E-state index contributed by atoms with van der Waals surface area (Å²) in [5, 5.41) is 12.1. The number of nitrogens with zero attached hydrogens (tertiary/aromatic N) is 2. The Bertz CT molecular complexity index is 522. The molecule has 2 rings (SSSR count). The van der Waals surface area contributed by atoms with Crippen LogP contribution in [0.3, 0.4) is 0 Å². The summed E-state index contributed by atoms with van der Waals surface area (Å²) < 4.78 is 0. The Morgan fingerprint density at radius 3 is 2.61 bits per heavy atom. The maximum Gasteiger partial charge on any atom is 0.321 e. The van der Waals surface area contributed by atoms with Crippen molar-refractivity contribution in [3.05, 3.63) is 0 Å². The van der Waals surface area contributed by atoms with Crippen LogP contribution in [-0.4, -0.2) is 34.8 Å². The molecule has 0 bridgehead atoms. The molecule has 7 nitrogen and oxygen atoms in total. The third kappa shape index (κ3) is 4.44. The van der Waals surface area contributed by atoms with Gasteiger partial charge in [0.2, 0.25) is 11.8 Å². The normalized spacial score (nSPS) is 25.7. The lowest BCUT2D eigenvalue weighted by Crippen LogP contribution is -2.58. The summed E-state index contributed by atoms with van der Waals surface area (Å²) in [6.07, 6.45) is 7.29. The second-order valence-electron chi connectivity index (χ2n) is 6.60. The number of carbonyl (C=O) groups excluding carboxylic acids is 3. The van der Waals surface area contributed by atoms with Crippen molar-refractivity contribution in [3.8, 4) is 6.07 Å². The first-order valence-corrected chi connectivity index (χ1v) is 8.28. The van der Waals surface area contributed by atoms with Gasteiger partial charge in [0.25, 0.3) is 0 Å². The van der Waals surface area contributed by atoms with Gasteiger partial charge >= 0.3 is 6.03 Å². The monoisotopic (exact) mass is 320 g/mol. The fourth-order valence-electron chi connectivity index (χ4n) is 3.47. The molecule has 1 saturated heterocycles. The summed E-state index contributed by atoms with van der Waals surface area (Å²) in [5.74, 6) is -0.124. The van der Waals surface area contributed by atoms with Gasteiger partial charge in [0.1, 0.15) is 5.54 Å². The second-order valence-corrected chi connectivity index (χ2v) is 6.60. The summed E-state index contributed by atoms with van der Waals surface area (Å²) in [5.41, 5.74) is 3.90. The Kier molecular flexibility index (Phi) is 5.59. The van der Waals surface area contributed by atoms with E-state index in [4.69, 9.17) is 5.73 Å². The molecule has 1 aliphatic heterocycles. The van der Waals surface area contributed by atoms with Gasteiger partial charge in [-0.15, -0.1) is 0 Å². The maximum atomic E-state index is 12.2. The number of nitrogens with two attached hydrogens (primary N) is 1. The van der Waals surface area contributed by atoms with Crippen LogP contribution < -0.4 is 11.1 Å². The van der Waals surface area contributed by atoms with E-state index in [0.29, 0.717) is 12.3 Å². The van der Waals surface area contributed by atoms with Gasteiger partial charge in [0.15, 0.2) is 0 Å². The number of rotatable bonds is 4. The molecule has 0 aromatic heterocycles. The number of hydrogen-bond donors (Lipinski definition) is 2. The van der Waals surface area contributed by atoms with Crippen molar-refractivity contribution in [2.24, 2.45) is 11.7 Å². The van der Waals surface area contributed by atoms with Gasteiger partial charge in [-0.2, -0.15) is 5.26 Å². The molecular weight excluding hydrogens is 296 g/mol. The van der Waals surface area contributed by atoms with E-state index in [1.165, 1.54) is 32.1 Å².